The van der Waals surface area contributed by atoms with Crippen molar-refractivity contribution < 1.29 is 4.74 Å². The average molecular weight is 290 g/mol. The zero-order valence-corrected chi connectivity index (χ0v) is 10.5. The van der Waals surface area contributed by atoms with Gasteiger partial charge in [-0.1, -0.05) is 11.6 Å². The van der Waals surface area contributed by atoms with E-state index in [4.69, 9.17) is 16.3 Å². The van der Waals surface area contributed by atoms with E-state index in [-0.39, 0.29) is 0 Å². The SMILES string of the molecule is COCCn1nc2ccc(Cl)cc2c1Br. The number of hydrogen-bond donors (Lipinski definition) is 0. The highest BCUT2D eigenvalue weighted by Crippen LogP contribution is 2.26. The average Bonchev–Trinajstić information content (AvgIpc) is 2.53. The lowest BCUT2D eigenvalue weighted by Crippen LogP contribution is -2.05. The molecule has 0 bridgehead atoms. The summed E-state index contributed by atoms with van der Waals surface area (Å²) in [5, 5.41) is 6.17. The predicted molar refractivity (Wildman–Crippen MR) is 64.3 cm³/mol. The quantitative estimate of drug-likeness (QED) is 0.868. The molecule has 1 aromatic heterocycles. The van der Waals surface area contributed by atoms with E-state index in [0.29, 0.717) is 6.61 Å². The Morgan fingerprint density at radius 3 is 3.07 bits per heavy atom. The van der Waals surface area contributed by atoms with Crippen LogP contribution in [-0.2, 0) is 11.3 Å². The zero-order valence-electron chi connectivity index (χ0n) is 8.20. The summed E-state index contributed by atoms with van der Waals surface area (Å²) in [6.07, 6.45) is 0. The first kappa shape index (κ1) is 10.9. The molecule has 15 heavy (non-hydrogen) atoms. The first-order valence-corrected chi connectivity index (χ1v) is 5.70. The number of halogens is 2. The van der Waals surface area contributed by atoms with E-state index in [1.54, 1.807) is 7.11 Å². The molecule has 2 rings (SSSR count). The van der Waals surface area contributed by atoms with Gasteiger partial charge in [-0.05, 0) is 34.1 Å². The normalized spacial score (nSPS) is 11.1. The molecule has 3 nitrogen and oxygen atoms in total. The zero-order chi connectivity index (χ0) is 10.8. The maximum absolute atomic E-state index is 5.92. The van der Waals surface area contributed by atoms with Crippen LogP contribution in [0.15, 0.2) is 22.8 Å². The molecular weight excluding hydrogens is 279 g/mol. The van der Waals surface area contributed by atoms with E-state index >= 15 is 0 Å². The van der Waals surface area contributed by atoms with Gasteiger partial charge in [0.1, 0.15) is 4.60 Å². The summed E-state index contributed by atoms with van der Waals surface area (Å²) < 4.78 is 7.82. The molecule has 0 spiro atoms. The van der Waals surface area contributed by atoms with Crippen molar-refractivity contribution in [1.82, 2.24) is 9.78 Å². The van der Waals surface area contributed by atoms with E-state index in [0.717, 1.165) is 27.1 Å². The lowest BCUT2D eigenvalue weighted by Gasteiger charge is -2.00. The molecule has 0 saturated heterocycles. The molecule has 0 aliphatic carbocycles. The van der Waals surface area contributed by atoms with Crippen molar-refractivity contribution >= 4 is 38.4 Å². The second-order valence-electron chi connectivity index (χ2n) is 3.17. The Kier molecular flexibility index (Phi) is 3.29. The summed E-state index contributed by atoms with van der Waals surface area (Å²) in [6.45, 7) is 1.36. The van der Waals surface area contributed by atoms with Gasteiger partial charge in [-0.3, -0.25) is 4.68 Å². The van der Waals surface area contributed by atoms with Crippen molar-refractivity contribution in [3.63, 3.8) is 0 Å². The molecular formula is C10H10BrClN2O. The van der Waals surface area contributed by atoms with Crippen LogP contribution in [0.25, 0.3) is 10.9 Å². The topological polar surface area (TPSA) is 27.1 Å². The third-order valence-corrected chi connectivity index (χ3v) is 3.21. The van der Waals surface area contributed by atoms with Crippen LogP contribution in [0.3, 0.4) is 0 Å². The highest BCUT2D eigenvalue weighted by molar-refractivity contribution is 9.10. The number of methoxy groups -OCH3 is 1. The van der Waals surface area contributed by atoms with Gasteiger partial charge in [-0.15, -0.1) is 0 Å². The summed E-state index contributed by atoms with van der Waals surface area (Å²) in [5.74, 6) is 0. The Bertz CT molecular complexity index is 483. The van der Waals surface area contributed by atoms with Gasteiger partial charge in [0.25, 0.3) is 0 Å². The van der Waals surface area contributed by atoms with E-state index in [2.05, 4.69) is 21.0 Å². The minimum absolute atomic E-state index is 0.639. The molecule has 1 heterocycles. The molecule has 0 aliphatic heterocycles. The molecule has 0 atom stereocenters. The molecule has 0 N–H and O–H groups in total. The van der Waals surface area contributed by atoms with Crippen molar-refractivity contribution in [2.24, 2.45) is 0 Å². The number of benzene rings is 1. The van der Waals surface area contributed by atoms with Crippen LogP contribution in [0.5, 0.6) is 0 Å². The molecule has 0 saturated carbocycles. The highest BCUT2D eigenvalue weighted by atomic mass is 79.9. The number of ether oxygens (including phenoxy) is 1. The first-order chi connectivity index (χ1) is 7.22. The van der Waals surface area contributed by atoms with E-state index in [9.17, 15) is 0 Å². The van der Waals surface area contributed by atoms with Crippen LogP contribution in [-0.4, -0.2) is 23.5 Å². The van der Waals surface area contributed by atoms with Gasteiger partial charge in [-0.2, -0.15) is 5.10 Å². The highest BCUT2D eigenvalue weighted by Gasteiger charge is 2.08. The van der Waals surface area contributed by atoms with E-state index in [1.165, 1.54) is 0 Å². The summed E-state index contributed by atoms with van der Waals surface area (Å²) in [4.78, 5) is 0. The third-order valence-electron chi connectivity index (χ3n) is 2.14. The summed E-state index contributed by atoms with van der Waals surface area (Å²) >= 11 is 9.42. The van der Waals surface area contributed by atoms with Crippen molar-refractivity contribution in [2.45, 2.75) is 6.54 Å². The van der Waals surface area contributed by atoms with Crippen LogP contribution >= 0.6 is 27.5 Å². The molecule has 0 fully saturated rings. The van der Waals surface area contributed by atoms with Crippen molar-refractivity contribution in [1.29, 1.82) is 0 Å². The van der Waals surface area contributed by atoms with Crippen LogP contribution < -0.4 is 0 Å². The second-order valence-corrected chi connectivity index (χ2v) is 4.36. The monoisotopic (exact) mass is 288 g/mol. The summed E-state index contributed by atoms with van der Waals surface area (Å²) in [6, 6.07) is 5.65. The van der Waals surface area contributed by atoms with Crippen LogP contribution in [0.2, 0.25) is 5.02 Å². The molecule has 80 valence electrons. The Morgan fingerprint density at radius 1 is 1.53 bits per heavy atom. The Morgan fingerprint density at radius 2 is 2.33 bits per heavy atom. The third kappa shape index (κ3) is 2.17. The largest absolute Gasteiger partial charge is 0.383 e. The lowest BCUT2D eigenvalue weighted by molar-refractivity contribution is 0.183. The second kappa shape index (κ2) is 4.51. The van der Waals surface area contributed by atoms with Gasteiger partial charge < -0.3 is 4.74 Å². The molecule has 0 amide bonds. The van der Waals surface area contributed by atoms with Gasteiger partial charge >= 0.3 is 0 Å². The maximum Gasteiger partial charge on any atom is 0.112 e. The number of aromatic nitrogens is 2. The number of fused-ring (bicyclic) bond motifs is 1. The minimum Gasteiger partial charge on any atom is -0.383 e. The molecule has 0 radical (unpaired) electrons. The summed E-state index contributed by atoms with van der Waals surface area (Å²) in [7, 11) is 1.67. The maximum atomic E-state index is 5.92. The summed E-state index contributed by atoms with van der Waals surface area (Å²) in [5.41, 5.74) is 0.933. The fourth-order valence-electron chi connectivity index (χ4n) is 1.40. The van der Waals surface area contributed by atoms with Gasteiger partial charge in [0.2, 0.25) is 0 Å². The van der Waals surface area contributed by atoms with Crippen LogP contribution in [0.1, 0.15) is 0 Å². The van der Waals surface area contributed by atoms with Crippen LogP contribution in [0, 0.1) is 0 Å². The fraction of sp³-hybridized carbons (Fsp3) is 0.300. The molecule has 0 aliphatic rings. The fourth-order valence-corrected chi connectivity index (χ4v) is 2.15. The van der Waals surface area contributed by atoms with Crippen molar-refractivity contribution in [2.75, 3.05) is 13.7 Å². The molecule has 1 aromatic carbocycles. The number of rotatable bonds is 3. The van der Waals surface area contributed by atoms with E-state index < -0.39 is 0 Å². The Labute approximate surface area is 101 Å². The van der Waals surface area contributed by atoms with Crippen LogP contribution in [0.4, 0.5) is 0 Å². The molecule has 0 unspecified atom stereocenters. The van der Waals surface area contributed by atoms with E-state index in [1.807, 2.05) is 22.9 Å². The first-order valence-electron chi connectivity index (χ1n) is 4.53. The number of hydrogen-bond acceptors (Lipinski definition) is 2. The van der Waals surface area contributed by atoms with Gasteiger partial charge in [0, 0.05) is 17.5 Å². The predicted octanol–water partition coefficient (Wildman–Crippen LogP) is 3.10. The Balaban J connectivity index is 2.45. The van der Waals surface area contributed by atoms with Gasteiger partial charge in [0.15, 0.2) is 0 Å². The minimum atomic E-state index is 0.639. The standard InChI is InChI=1S/C10H10BrClN2O/c1-15-5-4-14-10(11)8-6-7(12)2-3-9(8)13-14/h2-3,6H,4-5H2,1H3. The lowest BCUT2D eigenvalue weighted by atomic mass is 10.3. The van der Waals surface area contributed by atoms with Crippen molar-refractivity contribution in [3.8, 4) is 0 Å². The molecule has 2 aromatic rings. The Hall–Kier alpha value is -0.580. The van der Waals surface area contributed by atoms with Gasteiger partial charge in [-0.25, -0.2) is 0 Å². The smallest absolute Gasteiger partial charge is 0.112 e. The van der Waals surface area contributed by atoms with Crippen molar-refractivity contribution in [3.05, 3.63) is 27.8 Å². The number of nitrogens with zero attached hydrogens (tertiary/aromatic N) is 2. The van der Waals surface area contributed by atoms with Gasteiger partial charge in [0.05, 0.1) is 18.7 Å². The molecule has 5 heteroatoms.